The Kier molecular flexibility index (Phi) is 5.02. The van der Waals surface area contributed by atoms with Gasteiger partial charge in [0.1, 0.15) is 5.75 Å². The second-order valence-corrected chi connectivity index (χ2v) is 6.01. The lowest BCUT2D eigenvalue weighted by atomic mass is 10.0. The van der Waals surface area contributed by atoms with Gasteiger partial charge in [0.2, 0.25) is 0 Å². The van der Waals surface area contributed by atoms with Crippen molar-refractivity contribution in [1.82, 2.24) is 10.2 Å². The number of halogens is 2. The van der Waals surface area contributed by atoms with Crippen LogP contribution in [0.5, 0.6) is 5.75 Å². The van der Waals surface area contributed by atoms with E-state index >= 15 is 0 Å². The molecule has 1 amide bonds. The van der Waals surface area contributed by atoms with Crippen LogP contribution in [0.4, 0.5) is 0 Å². The zero-order valence-electron chi connectivity index (χ0n) is 12.1. The van der Waals surface area contributed by atoms with Gasteiger partial charge >= 0.3 is 0 Å². The van der Waals surface area contributed by atoms with Gasteiger partial charge in [-0.1, -0.05) is 11.6 Å². The topological polar surface area (TPSA) is 41.6 Å². The van der Waals surface area contributed by atoms with Crippen LogP contribution in [0.3, 0.4) is 0 Å². The van der Waals surface area contributed by atoms with Gasteiger partial charge in [-0.2, -0.15) is 0 Å². The molecule has 2 aliphatic rings. The maximum absolute atomic E-state index is 12.6. The van der Waals surface area contributed by atoms with Crippen LogP contribution in [0.1, 0.15) is 19.4 Å². The lowest BCUT2D eigenvalue weighted by Gasteiger charge is -2.39. The van der Waals surface area contributed by atoms with E-state index in [-0.39, 0.29) is 24.4 Å². The lowest BCUT2D eigenvalue weighted by molar-refractivity contribution is -0.141. The first-order chi connectivity index (χ1) is 9.56. The second kappa shape index (κ2) is 6.42. The third kappa shape index (κ3) is 3.12. The van der Waals surface area contributed by atoms with Crippen molar-refractivity contribution in [2.75, 3.05) is 13.1 Å². The Labute approximate surface area is 136 Å². The molecular formula is C15H20Cl2N2O2. The Bertz CT molecular complexity index is 538. The van der Waals surface area contributed by atoms with Gasteiger partial charge in [0.15, 0.2) is 6.10 Å². The first-order valence-electron chi connectivity index (χ1n) is 7.05. The molecule has 2 heterocycles. The molecule has 116 valence electrons. The number of rotatable bonds is 1. The summed E-state index contributed by atoms with van der Waals surface area (Å²) in [6, 6.07) is 6.02. The van der Waals surface area contributed by atoms with Crippen molar-refractivity contribution in [1.29, 1.82) is 0 Å². The zero-order valence-corrected chi connectivity index (χ0v) is 13.7. The molecule has 6 heteroatoms. The molecule has 0 bridgehead atoms. The van der Waals surface area contributed by atoms with Crippen LogP contribution in [0.25, 0.3) is 0 Å². The van der Waals surface area contributed by atoms with E-state index in [0.29, 0.717) is 17.5 Å². The third-order valence-electron chi connectivity index (χ3n) is 4.29. The highest BCUT2D eigenvalue weighted by molar-refractivity contribution is 6.30. The summed E-state index contributed by atoms with van der Waals surface area (Å²) in [6.07, 6.45) is 0.205. The number of piperazine rings is 1. The number of nitrogens with zero attached hydrogens (tertiary/aromatic N) is 1. The van der Waals surface area contributed by atoms with Gasteiger partial charge in [-0.3, -0.25) is 4.79 Å². The Morgan fingerprint density at radius 1 is 1.43 bits per heavy atom. The Balaban J connectivity index is 0.00000161. The predicted molar refractivity (Wildman–Crippen MR) is 85.5 cm³/mol. The van der Waals surface area contributed by atoms with E-state index in [4.69, 9.17) is 16.3 Å². The number of carbonyl (C=O) groups excluding carboxylic acids is 1. The van der Waals surface area contributed by atoms with E-state index in [1.54, 1.807) is 6.07 Å². The van der Waals surface area contributed by atoms with Gasteiger partial charge in [0.25, 0.3) is 5.91 Å². The van der Waals surface area contributed by atoms with E-state index in [2.05, 4.69) is 19.2 Å². The summed E-state index contributed by atoms with van der Waals surface area (Å²) in [7, 11) is 0. The zero-order chi connectivity index (χ0) is 14.3. The standard InChI is InChI=1S/C15H19ClN2O2.ClH/c1-9-10(2)18(6-5-17-9)15(19)14-8-11-7-12(16)3-4-13(11)20-14;/h3-4,7,9-10,14,17H,5-6,8H2,1-2H3;1H. The predicted octanol–water partition coefficient (Wildman–Crippen LogP) is 2.27. The Hall–Kier alpha value is -0.970. The lowest BCUT2D eigenvalue weighted by Crippen LogP contribution is -2.59. The molecule has 3 rings (SSSR count). The number of benzene rings is 1. The van der Waals surface area contributed by atoms with Gasteiger partial charge in [-0.25, -0.2) is 0 Å². The Morgan fingerprint density at radius 3 is 2.95 bits per heavy atom. The molecule has 1 fully saturated rings. The van der Waals surface area contributed by atoms with Crippen LogP contribution in [-0.4, -0.2) is 42.1 Å². The maximum atomic E-state index is 12.6. The fraction of sp³-hybridized carbons (Fsp3) is 0.533. The number of carbonyl (C=O) groups is 1. The SMILES string of the molecule is CC1NCCN(C(=O)C2Cc3cc(Cl)ccc3O2)C1C.Cl. The van der Waals surface area contributed by atoms with Crippen molar-refractivity contribution < 1.29 is 9.53 Å². The fourth-order valence-corrected chi connectivity index (χ4v) is 3.10. The highest BCUT2D eigenvalue weighted by atomic mass is 35.5. The smallest absolute Gasteiger partial charge is 0.264 e. The molecule has 21 heavy (non-hydrogen) atoms. The molecule has 1 saturated heterocycles. The Morgan fingerprint density at radius 2 is 2.19 bits per heavy atom. The molecule has 1 N–H and O–H groups in total. The normalized spacial score (nSPS) is 27.6. The second-order valence-electron chi connectivity index (χ2n) is 5.58. The van der Waals surface area contributed by atoms with Crippen LogP contribution in [-0.2, 0) is 11.2 Å². The van der Waals surface area contributed by atoms with Gasteiger partial charge in [-0.05, 0) is 37.6 Å². The number of nitrogens with one attached hydrogen (secondary N) is 1. The minimum Gasteiger partial charge on any atom is -0.480 e. The van der Waals surface area contributed by atoms with Gasteiger partial charge in [0.05, 0.1) is 0 Å². The first kappa shape index (κ1) is 16.4. The van der Waals surface area contributed by atoms with E-state index < -0.39 is 6.10 Å². The van der Waals surface area contributed by atoms with Crippen LogP contribution < -0.4 is 10.1 Å². The minimum absolute atomic E-state index is 0. The maximum Gasteiger partial charge on any atom is 0.264 e. The summed E-state index contributed by atoms with van der Waals surface area (Å²) in [4.78, 5) is 14.6. The van der Waals surface area contributed by atoms with Crippen LogP contribution >= 0.6 is 24.0 Å². The minimum atomic E-state index is -0.406. The highest BCUT2D eigenvalue weighted by Crippen LogP contribution is 2.32. The summed E-state index contributed by atoms with van der Waals surface area (Å²) in [5.74, 6) is 0.863. The van der Waals surface area contributed by atoms with E-state index in [0.717, 1.165) is 24.4 Å². The van der Waals surface area contributed by atoms with Crippen LogP contribution in [0.2, 0.25) is 5.02 Å². The van der Waals surface area contributed by atoms with Gasteiger partial charge < -0.3 is 15.0 Å². The molecule has 0 radical (unpaired) electrons. The van der Waals surface area contributed by atoms with Crippen molar-refractivity contribution >= 4 is 29.9 Å². The summed E-state index contributed by atoms with van der Waals surface area (Å²) >= 11 is 5.98. The van der Waals surface area contributed by atoms with Crippen molar-refractivity contribution in [3.8, 4) is 5.75 Å². The number of amides is 1. The molecule has 4 nitrogen and oxygen atoms in total. The molecular weight excluding hydrogens is 311 g/mol. The van der Waals surface area contributed by atoms with E-state index in [1.165, 1.54) is 0 Å². The average molecular weight is 331 g/mol. The molecule has 2 aliphatic heterocycles. The van der Waals surface area contributed by atoms with Gasteiger partial charge in [0, 0.05) is 36.6 Å². The quantitative estimate of drug-likeness (QED) is 0.858. The molecule has 0 saturated carbocycles. The number of hydrogen-bond donors (Lipinski definition) is 1. The average Bonchev–Trinajstić information content (AvgIpc) is 2.84. The monoisotopic (exact) mass is 330 g/mol. The third-order valence-corrected chi connectivity index (χ3v) is 4.52. The summed E-state index contributed by atoms with van der Waals surface area (Å²) < 4.78 is 5.79. The first-order valence-corrected chi connectivity index (χ1v) is 7.43. The molecule has 3 unspecified atom stereocenters. The van der Waals surface area contributed by atoms with Crippen molar-refractivity contribution in [3.05, 3.63) is 28.8 Å². The number of fused-ring (bicyclic) bond motifs is 1. The largest absolute Gasteiger partial charge is 0.480 e. The highest BCUT2D eigenvalue weighted by Gasteiger charge is 2.36. The summed E-state index contributed by atoms with van der Waals surface area (Å²) in [5, 5.41) is 4.06. The molecule has 3 atom stereocenters. The van der Waals surface area contributed by atoms with Crippen molar-refractivity contribution in [3.63, 3.8) is 0 Å². The molecule has 0 aromatic heterocycles. The summed E-state index contributed by atoms with van der Waals surface area (Å²) in [5.41, 5.74) is 1.02. The number of ether oxygens (including phenoxy) is 1. The summed E-state index contributed by atoms with van der Waals surface area (Å²) in [6.45, 7) is 5.76. The van der Waals surface area contributed by atoms with Gasteiger partial charge in [-0.15, -0.1) is 12.4 Å². The fourth-order valence-electron chi connectivity index (χ4n) is 2.91. The molecule has 0 aliphatic carbocycles. The van der Waals surface area contributed by atoms with E-state index in [9.17, 15) is 4.79 Å². The van der Waals surface area contributed by atoms with E-state index in [1.807, 2.05) is 17.0 Å². The molecule has 1 aromatic carbocycles. The number of hydrogen-bond acceptors (Lipinski definition) is 3. The molecule has 1 aromatic rings. The van der Waals surface area contributed by atoms with Crippen LogP contribution in [0, 0.1) is 0 Å². The van der Waals surface area contributed by atoms with Crippen molar-refractivity contribution in [2.24, 2.45) is 0 Å². The van der Waals surface area contributed by atoms with Crippen LogP contribution in [0.15, 0.2) is 18.2 Å². The molecule has 0 spiro atoms. The van der Waals surface area contributed by atoms with Crippen molar-refractivity contribution in [2.45, 2.75) is 38.5 Å².